The Kier molecular flexibility index (Phi) is 5.63. The number of carbonyl (C=O) groups is 1. The second-order valence-corrected chi connectivity index (χ2v) is 11.8. The van der Waals surface area contributed by atoms with Gasteiger partial charge in [0.25, 0.3) is 5.91 Å². The first kappa shape index (κ1) is 24.5. The molecule has 3 aliphatic heterocycles. The molecule has 0 bridgehead atoms. The van der Waals surface area contributed by atoms with Crippen molar-refractivity contribution in [3.63, 3.8) is 0 Å². The van der Waals surface area contributed by atoms with Gasteiger partial charge in [0.2, 0.25) is 5.95 Å². The molecule has 202 valence electrons. The van der Waals surface area contributed by atoms with Gasteiger partial charge in [-0.3, -0.25) is 4.79 Å². The lowest BCUT2D eigenvalue weighted by Gasteiger charge is -2.61. The SMILES string of the molecule is CCN1CC2(C1)CN(c1ccc(Nc3ncc(F)c(C4N(C)C(=O)c5ccccc5C45CCCC5)n3)nc1)C2. The van der Waals surface area contributed by atoms with Crippen LogP contribution in [-0.2, 0) is 5.41 Å². The van der Waals surface area contributed by atoms with E-state index >= 15 is 4.39 Å². The Labute approximate surface area is 228 Å². The molecule has 8 nitrogen and oxygen atoms in total. The summed E-state index contributed by atoms with van der Waals surface area (Å²) in [5, 5.41) is 3.16. The van der Waals surface area contributed by atoms with E-state index in [9.17, 15) is 4.79 Å². The number of hydrogen-bond donors (Lipinski definition) is 1. The number of aromatic nitrogens is 3. The summed E-state index contributed by atoms with van der Waals surface area (Å²) in [4.78, 5) is 33.4. The molecular weight excluding hydrogens is 493 g/mol. The third-order valence-electron chi connectivity index (χ3n) is 9.42. The van der Waals surface area contributed by atoms with Crippen LogP contribution >= 0.6 is 0 Å². The molecule has 2 saturated heterocycles. The lowest BCUT2D eigenvalue weighted by Crippen LogP contribution is -2.72. The van der Waals surface area contributed by atoms with E-state index in [1.54, 1.807) is 11.9 Å². The first-order valence-electron chi connectivity index (χ1n) is 14.0. The smallest absolute Gasteiger partial charge is 0.254 e. The molecule has 1 amide bonds. The van der Waals surface area contributed by atoms with Crippen LogP contribution < -0.4 is 10.2 Å². The van der Waals surface area contributed by atoms with Crippen LogP contribution in [0.4, 0.5) is 21.8 Å². The first-order valence-corrected chi connectivity index (χ1v) is 14.0. The minimum atomic E-state index is -0.504. The molecule has 3 aromatic rings. The minimum absolute atomic E-state index is 0.102. The maximum absolute atomic E-state index is 15.4. The molecule has 0 radical (unpaired) electrons. The number of hydrogen-bond acceptors (Lipinski definition) is 7. The highest BCUT2D eigenvalue weighted by Gasteiger charge is 2.53. The molecule has 9 heteroatoms. The van der Waals surface area contributed by atoms with E-state index in [0.29, 0.717) is 16.8 Å². The van der Waals surface area contributed by atoms with Crippen LogP contribution in [0.2, 0.25) is 0 Å². The Morgan fingerprint density at radius 2 is 1.79 bits per heavy atom. The van der Waals surface area contributed by atoms with E-state index in [1.807, 2.05) is 36.5 Å². The van der Waals surface area contributed by atoms with Crippen LogP contribution in [0.15, 0.2) is 48.8 Å². The summed E-state index contributed by atoms with van der Waals surface area (Å²) in [7, 11) is 1.77. The number of halogens is 1. The van der Waals surface area contributed by atoms with Gasteiger partial charge in [0.15, 0.2) is 5.82 Å². The van der Waals surface area contributed by atoms with E-state index in [1.165, 1.54) is 19.3 Å². The third-order valence-corrected chi connectivity index (χ3v) is 9.42. The molecule has 5 heterocycles. The Morgan fingerprint density at radius 3 is 2.51 bits per heavy atom. The number of rotatable bonds is 5. The lowest BCUT2D eigenvalue weighted by molar-refractivity contribution is -0.0178. The van der Waals surface area contributed by atoms with Gasteiger partial charge in [-0.1, -0.05) is 38.0 Å². The van der Waals surface area contributed by atoms with Crippen molar-refractivity contribution < 1.29 is 9.18 Å². The highest BCUT2D eigenvalue weighted by atomic mass is 19.1. The molecule has 1 atom stereocenters. The Bertz CT molecular complexity index is 1410. The molecule has 2 spiro atoms. The molecular formula is C30H34FN7O. The summed E-state index contributed by atoms with van der Waals surface area (Å²) in [6, 6.07) is 11.3. The summed E-state index contributed by atoms with van der Waals surface area (Å²) in [6.45, 7) is 7.85. The topological polar surface area (TPSA) is 77.5 Å². The number of likely N-dealkylation sites (N-methyl/N-ethyl adjacent to an activating group) is 1. The third kappa shape index (κ3) is 3.81. The molecule has 2 aromatic heterocycles. The van der Waals surface area contributed by atoms with Crippen LogP contribution in [0, 0.1) is 11.2 Å². The van der Waals surface area contributed by atoms with Crippen LogP contribution in [0.1, 0.15) is 60.3 Å². The predicted molar refractivity (Wildman–Crippen MR) is 148 cm³/mol. The van der Waals surface area contributed by atoms with E-state index in [2.05, 4.69) is 43.1 Å². The molecule has 3 fully saturated rings. The zero-order valence-electron chi connectivity index (χ0n) is 22.5. The number of likely N-dealkylation sites (tertiary alicyclic amines) is 1. The highest BCUT2D eigenvalue weighted by Crippen LogP contribution is 2.55. The molecule has 1 unspecified atom stereocenters. The number of benzene rings is 1. The average Bonchev–Trinajstić information content (AvgIpc) is 3.39. The maximum Gasteiger partial charge on any atom is 0.254 e. The number of pyridine rings is 1. The minimum Gasteiger partial charge on any atom is -0.369 e. The zero-order chi connectivity index (χ0) is 26.8. The molecule has 4 aliphatic rings. The second-order valence-electron chi connectivity index (χ2n) is 11.8. The van der Waals surface area contributed by atoms with Crippen molar-refractivity contribution >= 4 is 23.4 Å². The van der Waals surface area contributed by atoms with E-state index < -0.39 is 11.9 Å². The summed E-state index contributed by atoms with van der Waals surface area (Å²) in [5.74, 6) is 0.274. The number of fused-ring (bicyclic) bond motifs is 2. The molecule has 1 aliphatic carbocycles. The number of carbonyl (C=O) groups excluding carboxylic acids is 1. The van der Waals surface area contributed by atoms with E-state index in [-0.39, 0.29) is 23.0 Å². The van der Waals surface area contributed by atoms with Gasteiger partial charge >= 0.3 is 0 Å². The number of nitrogens with one attached hydrogen (secondary N) is 1. The monoisotopic (exact) mass is 527 g/mol. The van der Waals surface area contributed by atoms with Crippen molar-refractivity contribution in [1.29, 1.82) is 0 Å². The van der Waals surface area contributed by atoms with Crippen molar-refractivity contribution in [3.8, 4) is 0 Å². The summed E-state index contributed by atoms with van der Waals surface area (Å²) >= 11 is 0. The van der Waals surface area contributed by atoms with Crippen molar-refractivity contribution in [2.75, 3.05) is 50.0 Å². The van der Waals surface area contributed by atoms with Gasteiger partial charge in [0, 0.05) is 49.6 Å². The largest absolute Gasteiger partial charge is 0.369 e. The fraction of sp³-hybridized carbons (Fsp3) is 0.467. The van der Waals surface area contributed by atoms with Gasteiger partial charge in [-0.2, -0.15) is 0 Å². The summed E-state index contributed by atoms with van der Waals surface area (Å²) < 4.78 is 15.4. The van der Waals surface area contributed by atoms with Crippen molar-refractivity contribution in [2.24, 2.45) is 5.41 Å². The van der Waals surface area contributed by atoms with Crippen molar-refractivity contribution in [2.45, 2.75) is 44.1 Å². The Morgan fingerprint density at radius 1 is 1.03 bits per heavy atom. The fourth-order valence-electron chi connectivity index (χ4n) is 7.59. The van der Waals surface area contributed by atoms with Crippen LogP contribution in [-0.4, -0.2) is 70.4 Å². The van der Waals surface area contributed by atoms with Gasteiger partial charge < -0.3 is 20.0 Å². The molecule has 1 N–H and O–H groups in total. The second kappa shape index (κ2) is 8.98. The van der Waals surface area contributed by atoms with E-state index in [4.69, 9.17) is 0 Å². The average molecular weight is 528 g/mol. The maximum atomic E-state index is 15.4. The number of nitrogens with zero attached hydrogens (tertiary/aromatic N) is 6. The summed E-state index contributed by atoms with van der Waals surface area (Å²) in [6.07, 6.45) is 6.92. The normalized spacial score (nSPS) is 23.1. The zero-order valence-corrected chi connectivity index (χ0v) is 22.5. The molecule has 1 aromatic carbocycles. The Balaban J connectivity index is 1.13. The van der Waals surface area contributed by atoms with Crippen LogP contribution in [0.25, 0.3) is 0 Å². The van der Waals surface area contributed by atoms with Gasteiger partial charge in [0.05, 0.1) is 24.1 Å². The predicted octanol–water partition coefficient (Wildman–Crippen LogP) is 4.53. The highest BCUT2D eigenvalue weighted by molar-refractivity contribution is 5.98. The summed E-state index contributed by atoms with van der Waals surface area (Å²) in [5.41, 5.74) is 3.17. The van der Waals surface area contributed by atoms with Crippen molar-refractivity contribution in [3.05, 3.63) is 71.4 Å². The van der Waals surface area contributed by atoms with Crippen LogP contribution in [0.5, 0.6) is 0 Å². The lowest BCUT2D eigenvalue weighted by atomic mass is 9.67. The van der Waals surface area contributed by atoms with Gasteiger partial charge in [-0.05, 0) is 43.1 Å². The standard InChI is InChI=1S/C30H34FN7O/c1-3-37-16-29(17-37)18-38(19-29)20-10-11-24(32-14-20)34-28-33-15-23(31)25(35-28)26-30(12-6-7-13-30)22-9-5-4-8-21(22)27(39)36(26)2/h4-5,8-11,14-15,26H,3,6-7,12-13,16-19H2,1-2H3,(H,32,33,34,35). The number of anilines is 3. The molecule has 7 rings (SSSR count). The van der Waals surface area contributed by atoms with Gasteiger partial charge in [-0.15, -0.1) is 0 Å². The number of amides is 1. The first-order chi connectivity index (χ1) is 18.9. The molecule has 1 saturated carbocycles. The van der Waals surface area contributed by atoms with Gasteiger partial charge in [-0.25, -0.2) is 19.3 Å². The Hall–Kier alpha value is -3.59. The van der Waals surface area contributed by atoms with Crippen LogP contribution in [0.3, 0.4) is 0 Å². The fourth-order valence-corrected chi connectivity index (χ4v) is 7.59. The van der Waals surface area contributed by atoms with Gasteiger partial charge in [0.1, 0.15) is 11.5 Å². The van der Waals surface area contributed by atoms with Crippen molar-refractivity contribution in [1.82, 2.24) is 24.8 Å². The molecule has 39 heavy (non-hydrogen) atoms. The quantitative estimate of drug-likeness (QED) is 0.522. The van der Waals surface area contributed by atoms with E-state index in [0.717, 1.165) is 56.6 Å².